The molecular weight excluding hydrogens is 248 g/mol. The van der Waals surface area contributed by atoms with Crippen LogP contribution < -0.4 is 10.5 Å². The monoisotopic (exact) mass is 272 g/mol. The van der Waals surface area contributed by atoms with Crippen LogP contribution in [-0.4, -0.2) is 26.3 Å². The third kappa shape index (κ3) is 8.33. The average Bonchev–Trinajstić information content (AvgIpc) is 2.01. The Morgan fingerprint density at radius 1 is 1.38 bits per heavy atom. The summed E-state index contributed by atoms with van der Waals surface area (Å²) >= 11 is 0. The van der Waals surface area contributed by atoms with Gasteiger partial charge in [-0.2, -0.15) is 0 Å². The molecule has 3 N–H and O–H groups in total. The Labute approximate surface area is 106 Å². The second kappa shape index (κ2) is 7.48. The molecule has 0 aliphatic rings. The van der Waals surface area contributed by atoms with Crippen molar-refractivity contribution in [3.8, 4) is 0 Å². The van der Waals surface area contributed by atoms with Crippen molar-refractivity contribution in [2.24, 2.45) is 11.7 Å². The van der Waals surface area contributed by atoms with E-state index in [1.54, 1.807) is 13.8 Å². The molecule has 0 aromatic carbocycles. The molecule has 0 amide bonds. The van der Waals surface area contributed by atoms with Crippen LogP contribution in [0.5, 0.6) is 0 Å². The largest absolute Gasteiger partial charge is 0.329 e. The third-order valence-corrected chi connectivity index (χ3v) is 4.10. The highest BCUT2D eigenvalue weighted by Gasteiger charge is 2.24. The van der Waals surface area contributed by atoms with Crippen molar-refractivity contribution >= 4 is 22.4 Å². The standard InChI is InChI=1S/C10H24N2O2S.ClH/c1-5-6-9(2)7-15(13,14)12-10(3,4)8-11;/h9,12H,5-8,11H2,1-4H3;1H. The zero-order valence-electron chi connectivity index (χ0n) is 10.6. The number of hydrogen-bond acceptors (Lipinski definition) is 3. The highest BCUT2D eigenvalue weighted by atomic mass is 35.5. The zero-order chi connectivity index (χ0) is 12.1. The second-order valence-electron chi connectivity index (χ2n) is 4.87. The minimum Gasteiger partial charge on any atom is -0.329 e. The summed E-state index contributed by atoms with van der Waals surface area (Å²) in [4.78, 5) is 0. The van der Waals surface area contributed by atoms with Crippen LogP contribution in [0.4, 0.5) is 0 Å². The SMILES string of the molecule is CCCC(C)CS(=O)(=O)NC(C)(C)CN.Cl. The Bertz CT molecular complexity index is 279. The van der Waals surface area contributed by atoms with E-state index < -0.39 is 15.6 Å². The molecule has 0 spiro atoms. The first-order valence-electron chi connectivity index (χ1n) is 5.44. The van der Waals surface area contributed by atoms with Gasteiger partial charge in [0.15, 0.2) is 0 Å². The summed E-state index contributed by atoms with van der Waals surface area (Å²) in [6, 6.07) is 0. The van der Waals surface area contributed by atoms with Crippen LogP contribution in [0.1, 0.15) is 40.5 Å². The second-order valence-corrected chi connectivity index (χ2v) is 6.63. The van der Waals surface area contributed by atoms with Gasteiger partial charge in [0.2, 0.25) is 10.0 Å². The Balaban J connectivity index is 0. The highest BCUT2D eigenvalue weighted by molar-refractivity contribution is 7.89. The van der Waals surface area contributed by atoms with Gasteiger partial charge < -0.3 is 5.73 Å². The molecule has 0 aromatic rings. The van der Waals surface area contributed by atoms with Crippen molar-refractivity contribution in [3.63, 3.8) is 0 Å². The van der Waals surface area contributed by atoms with Gasteiger partial charge in [0, 0.05) is 12.1 Å². The first-order chi connectivity index (χ1) is 6.72. The molecule has 0 aliphatic carbocycles. The van der Waals surface area contributed by atoms with Crippen molar-refractivity contribution in [2.75, 3.05) is 12.3 Å². The topological polar surface area (TPSA) is 72.2 Å². The van der Waals surface area contributed by atoms with Gasteiger partial charge in [-0.1, -0.05) is 20.3 Å². The van der Waals surface area contributed by atoms with Gasteiger partial charge in [0.25, 0.3) is 0 Å². The number of rotatable bonds is 7. The lowest BCUT2D eigenvalue weighted by Crippen LogP contribution is -2.49. The lowest BCUT2D eigenvalue weighted by atomic mass is 10.1. The molecule has 0 saturated carbocycles. The maximum atomic E-state index is 11.7. The molecule has 0 heterocycles. The van der Waals surface area contributed by atoms with Crippen LogP contribution in [-0.2, 0) is 10.0 Å². The van der Waals surface area contributed by atoms with Crippen LogP contribution in [0, 0.1) is 5.92 Å². The normalized spacial score (nSPS) is 14.3. The molecule has 0 rings (SSSR count). The van der Waals surface area contributed by atoms with E-state index in [2.05, 4.69) is 11.6 Å². The summed E-state index contributed by atoms with van der Waals surface area (Å²) in [6.45, 7) is 7.89. The molecule has 16 heavy (non-hydrogen) atoms. The summed E-state index contributed by atoms with van der Waals surface area (Å²) in [6.07, 6.45) is 1.95. The minimum absolute atomic E-state index is 0. The molecule has 1 atom stereocenters. The fourth-order valence-electron chi connectivity index (χ4n) is 1.45. The van der Waals surface area contributed by atoms with Crippen LogP contribution in [0.3, 0.4) is 0 Å². The molecule has 0 saturated heterocycles. The maximum absolute atomic E-state index is 11.7. The van der Waals surface area contributed by atoms with Gasteiger partial charge in [0.05, 0.1) is 5.75 Å². The molecule has 100 valence electrons. The minimum atomic E-state index is -3.20. The van der Waals surface area contributed by atoms with Crippen LogP contribution >= 0.6 is 12.4 Å². The van der Waals surface area contributed by atoms with E-state index in [-0.39, 0.29) is 24.1 Å². The fraction of sp³-hybridized carbons (Fsp3) is 1.00. The first-order valence-corrected chi connectivity index (χ1v) is 7.09. The summed E-state index contributed by atoms with van der Waals surface area (Å²) in [5.74, 6) is 0.380. The van der Waals surface area contributed by atoms with Crippen molar-refractivity contribution in [1.82, 2.24) is 4.72 Å². The van der Waals surface area contributed by atoms with Gasteiger partial charge in [-0.15, -0.1) is 12.4 Å². The smallest absolute Gasteiger partial charge is 0.212 e. The Morgan fingerprint density at radius 2 is 1.88 bits per heavy atom. The van der Waals surface area contributed by atoms with Crippen molar-refractivity contribution < 1.29 is 8.42 Å². The Morgan fingerprint density at radius 3 is 2.25 bits per heavy atom. The van der Waals surface area contributed by atoms with Crippen LogP contribution in [0.25, 0.3) is 0 Å². The van der Waals surface area contributed by atoms with Gasteiger partial charge in [0.1, 0.15) is 0 Å². The predicted molar refractivity (Wildman–Crippen MR) is 71.4 cm³/mol. The van der Waals surface area contributed by atoms with Gasteiger partial charge in [-0.3, -0.25) is 0 Å². The number of sulfonamides is 1. The van der Waals surface area contributed by atoms with E-state index in [9.17, 15) is 8.42 Å². The summed E-state index contributed by atoms with van der Waals surface area (Å²) in [5.41, 5.74) is 4.93. The van der Waals surface area contributed by atoms with E-state index in [4.69, 9.17) is 5.73 Å². The lowest BCUT2D eigenvalue weighted by molar-refractivity contribution is 0.455. The molecule has 0 fully saturated rings. The Hall–Kier alpha value is 0.160. The average molecular weight is 273 g/mol. The van der Waals surface area contributed by atoms with Gasteiger partial charge >= 0.3 is 0 Å². The third-order valence-electron chi connectivity index (χ3n) is 2.23. The fourth-order valence-corrected chi connectivity index (χ4v) is 3.38. The van der Waals surface area contributed by atoms with E-state index >= 15 is 0 Å². The van der Waals surface area contributed by atoms with E-state index in [0.717, 1.165) is 12.8 Å². The molecule has 6 heteroatoms. The van der Waals surface area contributed by atoms with Crippen LogP contribution in [0.2, 0.25) is 0 Å². The number of hydrogen-bond donors (Lipinski definition) is 2. The first kappa shape index (κ1) is 18.5. The van der Waals surface area contributed by atoms with Gasteiger partial charge in [-0.25, -0.2) is 13.1 Å². The maximum Gasteiger partial charge on any atom is 0.212 e. The molecule has 0 bridgehead atoms. The van der Waals surface area contributed by atoms with Crippen molar-refractivity contribution in [1.29, 1.82) is 0 Å². The van der Waals surface area contributed by atoms with E-state index in [1.165, 1.54) is 0 Å². The molecule has 0 radical (unpaired) electrons. The van der Waals surface area contributed by atoms with Crippen LogP contribution in [0.15, 0.2) is 0 Å². The number of nitrogens with two attached hydrogens (primary N) is 1. The molecular formula is C10H25ClN2O2S. The summed E-state index contributed by atoms with van der Waals surface area (Å²) < 4.78 is 26.1. The van der Waals surface area contributed by atoms with E-state index in [1.807, 2.05) is 6.92 Å². The predicted octanol–water partition coefficient (Wildman–Crippen LogP) is 1.50. The number of nitrogens with one attached hydrogen (secondary N) is 1. The van der Waals surface area contributed by atoms with E-state index in [0.29, 0.717) is 6.54 Å². The quantitative estimate of drug-likeness (QED) is 0.738. The summed E-state index contributed by atoms with van der Waals surface area (Å²) in [7, 11) is -3.20. The molecule has 0 aromatic heterocycles. The zero-order valence-corrected chi connectivity index (χ0v) is 12.2. The molecule has 4 nitrogen and oxygen atoms in total. The Kier molecular flexibility index (Phi) is 8.66. The van der Waals surface area contributed by atoms with Crippen molar-refractivity contribution in [3.05, 3.63) is 0 Å². The number of halogens is 1. The van der Waals surface area contributed by atoms with Crippen molar-refractivity contribution in [2.45, 2.75) is 46.1 Å². The summed E-state index contributed by atoms with van der Waals surface area (Å²) in [5, 5.41) is 0. The molecule has 0 aliphatic heterocycles. The highest BCUT2D eigenvalue weighted by Crippen LogP contribution is 2.10. The molecule has 1 unspecified atom stereocenters. The van der Waals surface area contributed by atoms with Gasteiger partial charge in [-0.05, 0) is 26.2 Å². The lowest BCUT2D eigenvalue weighted by Gasteiger charge is -2.24.